The first-order valence-electron chi connectivity index (χ1n) is 5.68. The van der Waals surface area contributed by atoms with Crippen molar-refractivity contribution in [1.29, 1.82) is 0 Å². The summed E-state index contributed by atoms with van der Waals surface area (Å²) in [5, 5.41) is 2.76. The third-order valence-electron chi connectivity index (χ3n) is 2.18. The first-order valence-corrected chi connectivity index (χ1v) is 5.68. The molecule has 0 aliphatic rings. The number of benzene rings is 1. The number of nitrogens with one attached hydrogen (secondary N) is 1. The first kappa shape index (κ1) is 12.6. The maximum atomic E-state index is 11.1. The van der Waals surface area contributed by atoms with Gasteiger partial charge in [-0.2, -0.15) is 0 Å². The highest BCUT2D eigenvalue weighted by molar-refractivity contribution is 5.75. The number of carbonyl (C=O) groups is 1. The molecule has 88 valence electrons. The molecular weight excluding hydrogens is 202 g/mol. The van der Waals surface area contributed by atoms with Crippen molar-refractivity contribution in [3.05, 3.63) is 29.8 Å². The van der Waals surface area contributed by atoms with Crippen molar-refractivity contribution in [2.24, 2.45) is 0 Å². The Labute approximate surface area is 96.8 Å². The zero-order valence-corrected chi connectivity index (χ0v) is 9.95. The summed E-state index contributed by atoms with van der Waals surface area (Å²) in [5.41, 5.74) is 1.18. The second-order valence-electron chi connectivity index (χ2n) is 3.72. The summed E-state index contributed by atoms with van der Waals surface area (Å²) in [6.07, 6.45) is 1.28. The van der Waals surface area contributed by atoms with E-state index in [0.29, 0.717) is 19.6 Å². The van der Waals surface area contributed by atoms with Gasteiger partial charge in [0.2, 0.25) is 5.91 Å². The molecule has 0 atom stereocenters. The lowest BCUT2D eigenvalue weighted by Crippen LogP contribution is -2.22. The van der Waals surface area contributed by atoms with Gasteiger partial charge < -0.3 is 10.1 Å². The molecule has 1 N–H and O–H groups in total. The normalized spacial score (nSPS) is 9.88. The number of hydrogen-bond acceptors (Lipinski definition) is 2. The summed E-state index contributed by atoms with van der Waals surface area (Å²) in [6, 6.07) is 7.92. The molecule has 3 heteroatoms. The molecule has 1 amide bonds. The minimum Gasteiger partial charge on any atom is -0.494 e. The SMILES string of the molecule is CCNC(=O)CCCOc1cccc(C)c1. The van der Waals surface area contributed by atoms with Crippen LogP contribution in [0.1, 0.15) is 25.3 Å². The van der Waals surface area contributed by atoms with Crippen LogP contribution < -0.4 is 10.1 Å². The van der Waals surface area contributed by atoms with E-state index in [-0.39, 0.29) is 5.91 Å². The van der Waals surface area contributed by atoms with E-state index >= 15 is 0 Å². The molecule has 0 bridgehead atoms. The second-order valence-corrected chi connectivity index (χ2v) is 3.72. The Kier molecular flexibility index (Phi) is 5.40. The van der Waals surface area contributed by atoms with E-state index in [2.05, 4.69) is 5.32 Å². The predicted octanol–water partition coefficient (Wildman–Crippen LogP) is 2.29. The molecular formula is C13H19NO2. The molecule has 0 fully saturated rings. The summed E-state index contributed by atoms with van der Waals surface area (Å²) in [4.78, 5) is 11.1. The van der Waals surface area contributed by atoms with E-state index in [4.69, 9.17) is 4.74 Å². The third kappa shape index (κ3) is 4.82. The highest BCUT2D eigenvalue weighted by Crippen LogP contribution is 2.12. The fourth-order valence-corrected chi connectivity index (χ4v) is 1.41. The van der Waals surface area contributed by atoms with Crippen LogP contribution in [-0.4, -0.2) is 19.1 Å². The quantitative estimate of drug-likeness (QED) is 0.748. The summed E-state index contributed by atoms with van der Waals surface area (Å²) in [7, 11) is 0. The molecule has 1 aromatic carbocycles. The predicted molar refractivity (Wildman–Crippen MR) is 64.6 cm³/mol. The van der Waals surface area contributed by atoms with Gasteiger partial charge in [0.15, 0.2) is 0 Å². The minimum absolute atomic E-state index is 0.0929. The van der Waals surface area contributed by atoms with Gasteiger partial charge in [0.25, 0.3) is 0 Å². The van der Waals surface area contributed by atoms with Crippen LogP contribution in [0.3, 0.4) is 0 Å². The molecule has 0 aromatic heterocycles. The van der Waals surface area contributed by atoms with Crippen LogP contribution in [0.4, 0.5) is 0 Å². The van der Waals surface area contributed by atoms with E-state index < -0.39 is 0 Å². The van der Waals surface area contributed by atoms with E-state index in [0.717, 1.165) is 12.2 Å². The summed E-state index contributed by atoms with van der Waals surface area (Å²) < 4.78 is 5.54. The monoisotopic (exact) mass is 221 g/mol. The number of ether oxygens (including phenoxy) is 1. The minimum atomic E-state index is 0.0929. The van der Waals surface area contributed by atoms with Crippen molar-refractivity contribution in [2.45, 2.75) is 26.7 Å². The van der Waals surface area contributed by atoms with Crippen LogP contribution in [0.5, 0.6) is 5.75 Å². The van der Waals surface area contributed by atoms with Crippen molar-refractivity contribution < 1.29 is 9.53 Å². The van der Waals surface area contributed by atoms with Gasteiger partial charge in [0.1, 0.15) is 5.75 Å². The Balaban J connectivity index is 2.18. The number of rotatable bonds is 6. The molecule has 3 nitrogen and oxygen atoms in total. The smallest absolute Gasteiger partial charge is 0.220 e. The van der Waals surface area contributed by atoms with Gasteiger partial charge in [-0.3, -0.25) is 4.79 Å². The van der Waals surface area contributed by atoms with Crippen LogP contribution in [-0.2, 0) is 4.79 Å². The highest BCUT2D eigenvalue weighted by Gasteiger charge is 1.99. The van der Waals surface area contributed by atoms with Crippen LogP contribution in [0.2, 0.25) is 0 Å². The van der Waals surface area contributed by atoms with Crippen LogP contribution in [0.15, 0.2) is 24.3 Å². The average molecular weight is 221 g/mol. The van der Waals surface area contributed by atoms with Crippen molar-refractivity contribution in [3.8, 4) is 5.75 Å². The fraction of sp³-hybridized carbons (Fsp3) is 0.462. The Morgan fingerprint density at radius 1 is 1.44 bits per heavy atom. The number of hydrogen-bond donors (Lipinski definition) is 1. The Morgan fingerprint density at radius 2 is 2.25 bits per heavy atom. The fourth-order valence-electron chi connectivity index (χ4n) is 1.41. The van der Waals surface area contributed by atoms with Crippen LogP contribution in [0, 0.1) is 6.92 Å². The van der Waals surface area contributed by atoms with Crippen molar-refractivity contribution in [3.63, 3.8) is 0 Å². The second kappa shape index (κ2) is 6.88. The number of amides is 1. The highest BCUT2D eigenvalue weighted by atomic mass is 16.5. The molecule has 0 saturated carbocycles. The molecule has 0 spiro atoms. The van der Waals surface area contributed by atoms with Gasteiger partial charge in [-0.05, 0) is 38.0 Å². The van der Waals surface area contributed by atoms with E-state index in [1.54, 1.807) is 0 Å². The molecule has 0 radical (unpaired) electrons. The zero-order chi connectivity index (χ0) is 11.8. The molecule has 1 rings (SSSR count). The molecule has 1 aromatic rings. The lowest BCUT2D eigenvalue weighted by Gasteiger charge is -2.06. The van der Waals surface area contributed by atoms with Gasteiger partial charge in [0, 0.05) is 13.0 Å². The molecule has 0 heterocycles. The number of carbonyl (C=O) groups excluding carboxylic acids is 1. The van der Waals surface area contributed by atoms with Gasteiger partial charge in [-0.25, -0.2) is 0 Å². The Morgan fingerprint density at radius 3 is 2.94 bits per heavy atom. The van der Waals surface area contributed by atoms with Crippen LogP contribution in [0.25, 0.3) is 0 Å². The molecule has 0 saturated heterocycles. The maximum absolute atomic E-state index is 11.1. The van der Waals surface area contributed by atoms with E-state index in [1.807, 2.05) is 38.1 Å². The maximum Gasteiger partial charge on any atom is 0.220 e. The van der Waals surface area contributed by atoms with E-state index in [1.165, 1.54) is 5.56 Å². The number of aryl methyl sites for hydroxylation is 1. The van der Waals surface area contributed by atoms with Crippen LogP contribution >= 0.6 is 0 Å². The Hall–Kier alpha value is -1.51. The van der Waals surface area contributed by atoms with E-state index in [9.17, 15) is 4.79 Å². The largest absolute Gasteiger partial charge is 0.494 e. The van der Waals surface area contributed by atoms with Gasteiger partial charge in [-0.1, -0.05) is 12.1 Å². The lowest BCUT2D eigenvalue weighted by molar-refractivity contribution is -0.121. The third-order valence-corrected chi connectivity index (χ3v) is 2.18. The lowest BCUT2D eigenvalue weighted by atomic mass is 10.2. The summed E-state index contributed by atoms with van der Waals surface area (Å²) in [5.74, 6) is 0.964. The first-order chi connectivity index (χ1) is 7.72. The summed E-state index contributed by atoms with van der Waals surface area (Å²) in [6.45, 7) is 5.22. The van der Waals surface area contributed by atoms with Gasteiger partial charge in [0.05, 0.1) is 6.61 Å². The van der Waals surface area contributed by atoms with Gasteiger partial charge >= 0.3 is 0 Å². The zero-order valence-electron chi connectivity index (χ0n) is 9.95. The molecule has 16 heavy (non-hydrogen) atoms. The average Bonchev–Trinajstić information content (AvgIpc) is 2.25. The molecule has 0 aliphatic heterocycles. The molecule has 0 unspecified atom stereocenters. The standard InChI is InChI=1S/C13H19NO2/c1-3-14-13(15)8-5-9-16-12-7-4-6-11(2)10-12/h4,6-7,10H,3,5,8-9H2,1-2H3,(H,14,15). The van der Waals surface area contributed by atoms with Gasteiger partial charge in [-0.15, -0.1) is 0 Å². The van der Waals surface area contributed by atoms with Crippen molar-refractivity contribution in [1.82, 2.24) is 5.32 Å². The van der Waals surface area contributed by atoms with Crippen molar-refractivity contribution >= 4 is 5.91 Å². The topological polar surface area (TPSA) is 38.3 Å². The Bertz CT molecular complexity index is 336. The van der Waals surface area contributed by atoms with Crippen molar-refractivity contribution in [2.75, 3.05) is 13.2 Å². The molecule has 0 aliphatic carbocycles. The summed E-state index contributed by atoms with van der Waals surface area (Å²) >= 11 is 0.